The molecule has 198 valence electrons. The van der Waals surface area contributed by atoms with Crippen molar-refractivity contribution in [3.8, 4) is 6.07 Å². The first-order valence-electron chi connectivity index (χ1n) is 13.6. The summed E-state index contributed by atoms with van der Waals surface area (Å²) in [7, 11) is 0. The van der Waals surface area contributed by atoms with Gasteiger partial charge in [0.1, 0.15) is 5.65 Å². The summed E-state index contributed by atoms with van der Waals surface area (Å²) in [6.45, 7) is 6.99. The number of fused-ring (bicyclic) bond motifs is 4. The smallest absolute Gasteiger partial charge is 0.199 e. The molecule has 2 aromatic carbocycles. The highest BCUT2D eigenvalue weighted by Gasteiger charge is 2.31. The Balaban J connectivity index is 1.52. The van der Waals surface area contributed by atoms with Crippen molar-refractivity contribution < 1.29 is 14.2 Å². The van der Waals surface area contributed by atoms with Crippen LogP contribution in [0.3, 0.4) is 0 Å². The van der Waals surface area contributed by atoms with Gasteiger partial charge in [-0.3, -0.25) is 4.79 Å². The minimum Gasteiger partial charge on any atom is -0.392 e. The summed E-state index contributed by atoms with van der Waals surface area (Å²) >= 11 is 0. The number of aromatic amines is 1. The summed E-state index contributed by atoms with van der Waals surface area (Å²) in [6.07, 6.45) is 3.69. The molecule has 4 aromatic rings. The summed E-state index contributed by atoms with van der Waals surface area (Å²) in [5.74, 6) is -0.426. The van der Waals surface area contributed by atoms with Crippen LogP contribution in [0.5, 0.6) is 0 Å². The molecule has 7 nitrogen and oxygen atoms in total. The molecule has 0 spiro atoms. The largest absolute Gasteiger partial charge is 0.392 e. The Labute approximate surface area is 220 Å². The van der Waals surface area contributed by atoms with E-state index < -0.39 is 5.82 Å². The number of aliphatic hydroxyl groups is 1. The molecule has 2 N–H and O–H groups in total. The summed E-state index contributed by atoms with van der Waals surface area (Å²) in [5.41, 5.74) is 2.77. The highest BCUT2D eigenvalue weighted by molar-refractivity contribution is 6.10. The zero-order valence-corrected chi connectivity index (χ0v) is 21.9. The molecule has 0 amide bonds. The lowest BCUT2D eigenvalue weighted by Crippen LogP contribution is -2.43. The van der Waals surface area contributed by atoms with Crippen LogP contribution in [0.2, 0.25) is 0 Å². The molecule has 2 aromatic heterocycles. The Morgan fingerprint density at radius 3 is 2.55 bits per heavy atom. The molecule has 0 radical (unpaired) electrons. The maximum Gasteiger partial charge on any atom is 0.199 e. The lowest BCUT2D eigenvalue weighted by atomic mass is 9.84. The fourth-order valence-electron chi connectivity index (χ4n) is 6.72. The van der Waals surface area contributed by atoms with Gasteiger partial charge in [0.05, 0.1) is 29.1 Å². The number of aliphatic hydroxyl groups excluding tert-OH is 1. The number of piperidine rings is 1. The van der Waals surface area contributed by atoms with Gasteiger partial charge in [-0.05, 0) is 87.9 Å². The summed E-state index contributed by atoms with van der Waals surface area (Å²) in [4.78, 5) is 19.7. The van der Waals surface area contributed by atoms with Crippen LogP contribution in [0.25, 0.3) is 32.8 Å². The first-order valence-corrected chi connectivity index (χ1v) is 13.6. The number of rotatable bonds is 4. The van der Waals surface area contributed by atoms with Crippen molar-refractivity contribution in [2.45, 2.75) is 64.1 Å². The Bertz CT molecular complexity index is 1630. The van der Waals surface area contributed by atoms with Gasteiger partial charge in [0.2, 0.25) is 0 Å². The Hall–Kier alpha value is -3.25. The van der Waals surface area contributed by atoms with Crippen LogP contribution in [-0.2, 0) is 11.3 Å². The fourth-order valence-corrected chi connectivity index (χ4v) is 6.72. The van der Waals surface area contributed by atoms with Crippen molar-refractivity contribution >= 4 is 32.8 Å². The van der Waals surface area contributed by atoms with E-state index in [1.165, 1.54) is 0 Å². The van der Waals surface area contributed by atoms with Gasteiger partial charge in [-0.2, -0.15) is 5.26 Å². The number of hydrogen-bond donors (Lipinski definition) is 2. The molecule has 6 rings (SSSR count). The number of nitrogens with one attached hydrogen (secondary N) is 1. The number of pyridine rings is 1. The first kappa shape index (κ1) is 25.1. The molecule has 2 fully saturated rings. The molecule has 8 heteroatoms. The monoisotopic (exact) mass is 516 g/mol. The Kier molecular flexibility index (Phi) is 6.47. The average Bonchev–Trinajstić information content (AvgIpc) is 3.32. The number of nitriles is 1. The lowest BCUT2D eigenvalue weighted by molar-refractivity contribution is 0.0250. The number of nitrogens with zero attached hydrogens (tertiary/aromatic N) is 3. The van der Waals surface area contributed by atoms with Gasteiger partial charge in [-0.25, -0.2) is 4.39 Å². The SMILES string of the molecule is CC(C)n1c2[nH]c3cc(C#N)ccc3c2c(=O)c2cc(CO)c(C3CCN(C4CCOCC4)CC3)c(F)c21. The van der Waals surface area contributed by atoms with Crippen LogP contribution in [0.1, 0.15) is 68.2 Å². The predicted octanol–water partition coefficient (Wildman–Crippen LogP) is 5.08. The first-order chi connectivity index (χ1) is 18.4. The van der Waals surface area contributed by atoms with E-state index in [4.69, 9.17) is 4.74 Å². The number of aromatic nitrogens is 2. The number of halogens is 1. The fraction of sp³-hybridized carbons (Fsp3) is 0.467. The van der Waals surface area contributed by atoms with E-state index in [-0.39, 0.29) is 34.9 Å². The van der Waals surface area contributed by atoms with Gasteiger partial charge in [-0.15, -0.1) is 0 Å². The third-order valence-corrected chi connectivity index (χ3v) is 8.56. The third kappa shape index (κ3) is 3.92. The van der Waals surface area contributed by atoms with E-state index in [0.717, 1.165) is 52.0 Å². The van der Waals surface area contributed by atoms with Gasteiger partial charge in [-0.1, -0.05) is 6.07 Å². The average molecular weight is 517 g/mol. The second-order valence-corrected chi connectivity index (χ2v) is 11.0. The summed E-state index contributed by atoms with van der Waals surface area (Å²) in [5, 5.41) is 21.1. The molecular formula is C30H33FN4O3. The van der Waals surface area contributed by atoms with Crippen molar-refractivity contribution in [2.24, 2.45) is 0 Å². The molecule has 2 aliphatic heterocycles. The lowest BCUT2D eigenvalue weighted by Gasteiger charge is -2.39. The van der Waals surface area contributed by atoms with Gasteiger partial charge in [0.15, 0.2) is 11.2 Å². The molecule has 38 heavy (non-hydrogen) atoms. The molecule has 0 unspecified atom stereocenters. The van der Waals surface area contributed by atoms with Gasteiger partial charge >= 0.3 is 0 Å². The van der Waals surface area contributed by atoms with Crippen molar-refractivity contribution in [3.63, 3.8) is 0 Å². The zero-order chi connectivity index (χ0) is 26.6. The van der Waals surface area contributed by atoms with Crippen LogP contribution < -0.4 is 5.43 Å². The second kappa shape index (κ2) is 9.81. The van der Waals surface area contributed by atoms with Crippen LogP contribution in [0.15, 0.2) is 29.1 Å². The van der Waals surface area contributed by atoms with Crippen LogP contribution in [-0.4, -0.2) is 51.9 Å². The van der Waals surface area contributed by atoms with Crippen LogP contribution >= 0.6 is 0 Å². The van der Waals surface area contributed by atoms with Crippen LogP contribution in [0.4, 0.5) is 4.39 Å². The quantitative estimate of drug-likeness (QED) is 0.395. The molecular weight excluding hydrogens is 483 g/mol. The second-order valence-electron chi connectivity index (χ2n) is 11.0. The standard InChI is InChI=1S/C30H33FN4O3/c1-17(2)35-28-23(29(37)26-22-4-3-18(15-32)13-24(22)33-30(26)35)14-20(16-36)25(27(28)31)19-5-9-34(10-6-19)21-7-11-38-12-8-21/h3-4,13-14,17,19,21,33,36H,5-12,16H2,1-2H3. The number of likely N-dealkylation sites (tertiary alicyclic amines) is 1. The topological polar surface area (TPSA) is 94.3 Å². The predicted molar refractivity (Wildman–Crippen MR) is 146 cm³/mol. The van der Waals surface area contributed by atoms with E-state index in [9.17, 15) is 15.2 Å². The zero-order valence-electron chi connectivity index (χ0n) is 21.9. The van der Waals surface area contributed by atoms with Gasteiger partial charge in [0.25, 0.3) is 0 Å². The van der Waals surface area contributed by atoms with Crippen LogP contribution in [0, 0.1) is 17.1 Å². The van der Waals surface area contributed by atoms with E-state index in [0.29, 0.717) is 44.7 Å². The third-order valence-electron chi connectivity index (χ3n) is 8.56. The van der Waals surface area contributed by atoms with E-state index in [1.807, 2.05) is 18.4 Å². The van der Waals surface area contributed by atoms with Gasteiger partial charge < -0.3 is 24.3 Å². The maximum atomic E-state index is 16.7. The number of H-pyrrole nitrogens is 1. The Morgan fingerprint density at radius 2 is 1.89 bits per heavy atom. The number of benzene rings is 2. The van der Waals surface area contributed by atoms with Crippen molar-refractivity contribution in [2.75, 3.05) is 26.3 Å². The van der Waals surface area contributed by atoms with Crippen molar-refractivity contribution in [1.29, 1.82) is 5.26 Å². The number of hydrogen-bond acceptors (Lipinski definition) is 5. The van der Waals surface area contributed by atoms with Crippen molar-refractivity contribution in [1.82, 2.24) is 14.5 Å². The highest BCUT2D eigenvalue weighted by Crippen LogP contribution is 2.39. The molecule has 0 aliphatic carbocycles. The molecule has 0 saturated carbocycles. The maximum absolute atomic E-state index is 16.7. The van der Waals surface area contributed by atoms with Gasteiger partial charge in [0, 0.05) is 41.6 Å². The van der Waals surface area contributed by atoms with E-state index >= 15 is 4.39 Å². The van der Waals surface area contributed by atoms with E-state index in [1.54, 1.807) is 24.3 Å². The highest BCUT2D eigenvalue weighted by atomic mass is 19.1. The minimum absolute atomic E-state index is 0.0232. The molecule has 0 atom stereocenters. The molecule has 0 bridgehead atoms. The number of ether oxygens (including phenoxy) is 1. The molecule has 4 heterocycles. The molecule has 2 saturated heterocycles. The summed E-state index contributed by atoms with van der Waals surface area (Å²) < 4.78 is 24.1. The summed E-state index contributed by atoms with van der Waals surface area (Å²) in [6, 6.07) is 9.41. The molecule has 2 aliphatic rings. The normalized spacial score (nSPS) is 18.2. The van der Waals surface area contributed by atoms with Crippen molar-refractivity contribution in [3.05, 3.63) is 57.0 Å². The van der Waals surface area contributed by atoms with E-state index in [2.05, 4.69) is 16.0 Å². The minimum atomic E-state index is -0.403. The Morgan fingerprint density at radius 1 is 1.16 bits per heavy atom.